The number of carbonyl (C=O) groups is 1. The Hall–Kier alpha value is -2.96. The van der Waals surface area contributed by atoms with Gasteiger partial charge in [0.05, 0.1) is 12.6 Å². The van der Waals surface area contributed by atoms with Crippen LogP contribution in [0.15, 0.2) is 49.1 Å². The molecule has 0 saturated carbocycles. The molecule has 3 rings (SSSR count). The molecule has 0 aliphatic carbocycles. The summed E-state index contributed by atoms with van der Waals surface area (Å²) in [6.45, 7) is 4.76. The van der Waals surface area contributed by atoms with Crippen molar-refractivity contribution in [1.29, 1.82) is 0 Å². The summed E-state index contributed by atoms with van der Waals surface area (Å²) in [5.74, 6) is 0.293. The topological polar surface area (TPSA) is 88.5 Å². The molecule has 2 aromatic heterocycles. The molecule has 2 N–H and O–H groups in total. The van der Waals surface area contributed by atoms with Gasteiger partial charge in [0.2, 0.25) is 0 Å². The predicted octanol–water partition coefficient (Wildman–Crippen LogP) is 2.37. The molecule has 1 aromatic carbocycles. The van der Waals surface area contributed by atoms with Crippen LogP contribution in [-0.2, 0) is 13.0 Å². The van der Waals surface area contributed by atoms with Crippen molar-refractivity contribution in [2.75, 3.05) is 0 Å². The Morgan fingerprint density at radius 1 is 1.28 bits per heavy atom. The summed E-state index contributed by atoms with van der Waals surface area (Å²) in [4.78, 5) is 16.6. The summed E-state index contributed by atoms with van der Waals surface area (Å²) in [5, 5.41) is 14.3. The fourth-order valence-electron chi connectivity index (χ4n) is 2.69. The summed E-state index contributed by atoms with van der Waals surface area (Å²) >= 11 is 0. The zero-order chi connectivity index (χ0) is 17.6. The van der Waals surface area contributed by atoms with E-state index in [2.05, 4.69) is 39.4 Å². The zero-order valence-electron chi connectivity index (χ0n) is 14.4. The number of rotatable bonds is 7. The number of amides is 1. The van der Waals surface area contributed by atoms with Crippen LogP contribution in [0.1, 0.15) is 41.6 Å². The zero-order valence-corrected chi connectivity index (χ0v) is 14.4. The van der Waals surface area contributed by atoms with Crippen molar-refractivity contribution in [3.8, 4) is 0 Å². The van der Waals surface area contributed by atoms with Crippen LogP contribution < -0.4 is 5.32 Å². The van der Waals surface area contributed by atoms with Crippen LogP contribution in [0.2, 0.25) is 0 Å². The van der Waals surface area contributed by atoms with Gasteiger partial charge in [0.1, 0.15) is 18.3 Å². The first-order valence-corrected chi connectivity index (χ1v) is 8.34. The van der Waals surface area contributed by atoms with Gasteiger partial charge in [-0.05, 0) is 24.0 Å². The van der Waals surface area contributed by atoms with E-state index >= 15 is 0 Å². The predicted molar refractivity (Wildman–Crippen MR) is 93.8 cm³/mol. The highest BCUT2D eigenvalue weighted by atomic mass is 16.2. The third kappa shape index (κ3) is 4.53. The molecule has 0 saturated heterocycles. The first-order valence-electron chi connectivity index (χ1n) is 8.34. The van der Waals surface area contributed by atoms with Gasteiger partial charge in [-0.2, -0.15) is 10.2 Å². The van der Waals surface area contributed by atoms with E-state index in [1.807, 2.05) is 36.4 Å². The van der Waals surface area contributed by atoms with E-state index < -0.39 is 0 Å². The van der Waals surface area contributed by atoms with Gasteiger partial charge in [0, 0.05) is 5.69 Å². The maximum Gasteiger partial charge on any atom is 0.272 e. The van der Waals surface area contributed by atoms with Gasteiger partial charge in [-0.1, -0.05) is 44.2 Å². The Kier molecular flexibility index (Phi) is 5.23. The number of hydrogen-bond acceptors (Lipinski definition) is 4. The molecule has 1 atom stereocenters. The maximum absolute atomic E-state index is 12.6. The minimum Gasteiger partial charge on any atom is -0.342 e. The van der Waals surface area contributed by atoms with Crippen LogP contribution in [0, 0.1) is 5.92 Å². The molecule has 2 heterocycles. The van der Waals surface area contributed by atoms with Crippen molar-refractivity contribution in [2.45, 2.75) is 32.9 Å². The van der Waals surface area contributed by atoms with Crippen LogP contribution in [0.25, 0.3) is 0 Å². The van der Waals surface area contributed by atoms with Crippen molar-refractivity contribution in [3.05, 3.63) is 66.0 Å². The molecule has 0 fully saturated rings. The molecule has 3 aromatic rings. The number of carbonyl (C=O) groups excluding carboxylic acids is 1. The standard InChI is InChI=1S/C18H22N6O/c1-13(2)8-15-9-16(23-22-15)18(25)21-17(10-24-12-19-11-20-24)14-6-4-3-5-7-14/h3-7,9,11-13,17H,8,10H2,1-2H3,(H,21,25)(H,22,23). The normalized spacial score (nSPS) is 12.3. The summed E-state index contributed by atoms with van der Waals surface area (Å²) in [5.41, 5.74) is 2.37. The average Bonchev–Trinajstić information content (AvgIpc) is 3.26. The monoisotopic (exact) mass is 338 g/mol. The van der Waals surface area contributed by atoms with Crippen LogP contribution in [0.5, 0.6) is 0 Å². The number of nitrogens with zero attached hydrogens (tertiary/aromatic N) is 4. The van der Waals surface area contributed by atoms with Gasteiger partial charge < -0.3 is 5.32 Å². The fraction of sp³-hybridized carbons (Fsp3) is 0.333. The van der Waals surface area contributed by atoms with Crippen LogP contribution in [-0.4, -0.2) is 30.9 Å². The van der Waals surface area contributed by atoms with E-state index in [4.69, 9.17) is 0 Å². The molecule has 0 radical (unpaired) electrons. The van der Waals surface area contributed by atoms with E-state index in [0.29, 0.717) is 18.2 Å². The molecular weight excluding hydrogens is 316 g/mol. The first-order chi connectivity index (χ1) is 12.1. The van der Waals surface area contributed by atoms with E-state index in [0.717, 1.165) is 17.7 Å². The van der Waals surface area contributed by atoms with Crippen molar-refractivity contribution in [2.24, 2.45) is 5.92 Å². The number of aromatic amines is 1. The van der Waals surface area contributed by atoms with Crippen LogP contribution >= 0.6 is 0 Å². The number of hydrogen-bond donors (Lipinski definition) is 2. The van der Waals surface area contributed by atoms with Crippen molar-refractivity contribution >= 4 is 5.91 Å². The summed E-state index contributed by atoms with van der Waals surface area (Å²) in [7, 11) is 0. The molecular formula is C18H22N6O. The second kappa shape index (κ2) is 7.74. The molecule has 130 valence electrons. The molecule has 1 unspecified atom stereocenters. The number of aromatic nitrogens is 5. The molecule has 25 heavy (non-hydrogen) atoms. The third-order valence-electron chi connectivity index (χ3n) is 3.84. The molecule has 0 aliphatic heterocycles. The lowest BCUT2D eigenvalue weighted by Crippen LogP contribution is -2.31. The Bertz CT molecular complexity index is 794. The molecule has 7 heteroatoms. The highest BCUT2D eigenvalue weighted by Crippen LogP contribution is 2.16. The SMILES string of the molecule is CC(C)Cc1cc(C(=O)NC(Cn2cncn2)c2ccccc2)n[nH]1. The minimum atomic E-state index is -0.222. The van der Waals surface area contributed by atoms with Gasteiger partial charge in [-0.3, -0.25) is 14.6 Å². The van der Waals surface area contributed by atoms with Gasteiger partial charge >= 0.3 is 0 Å². The Balaban J connectivity index is 1.75. The van der Waals surface area contributed by atoms with Crippen molar-refractivity contribution < 1.29 is 4.79 Å². The van der Waals surface area contributed by atoms with E-state index in [1.165, 1.54) is 6.33 Å². The lowest BCUT2D eigenvalue weighted by molar-refractivity contribution is 0.0926. The van der Waals surface area contributed by atoms with Gasteiger partial charge in [0.25, 0.3) is 5.91 Å². The molecule has 1 amide bonds. The van der Waals surface area contributed by atoms with E-state index in [1.54, 1.807) is 11.0 Å². The smallest absolute Gasteiger partial charge is 0.272 e. The summed E-state index contributed by atoms with van der Waals surface area (Å²) in [6, 6.07) is 11.4. The second-order valence-electron chi connectivity index (χ2n) is 6.43. The highest BCUT2D eigenvalue weighted by Gasteiger charge is 2.19. The molecule has 0 bridgehead atoms. The Morgan fingerprint density at radius 2 is 2.08 bits per heavy atom. The minimum absolute atomic E-state index is 0.208. The Morgan fingerprint density at radius 3 is 2.76 bits per heavy atom. The van der Waals surface area contributed by atoms with Gasteiger partial charge in [-0.25, -0.2) is 4.98 Å². The van der Waals surface area contributed by atoms with Crippen molar-refractivity contribution in [3.63, 3.8) is 0 Å². The average molecular weight is 338 g/mol. The summed E-state index contributed by atoms with van der Waals surface area (Å²) in [6.07, 6.45) is 3.98. The van der Waals surface area contributed by atoms with Gasteiger partial charge in [0.15, 0.2) is 0 Å². The number of benzene rings is 1. The largest absolute Gasteiger partial charge is 0.342 e. The molecule has 0 aliphatic rings. The van der Waals surface area contributed by atoms with E-state index in [-0.39, 0.29) is 11.9 Å². The summed E-state index contributed by atoms with van der Waals surface area (Å²) < 4.78 is 1.70. The lowest BCUT2D eigenvalue weighted by atomic mass is 10.1. The third-order valence-corrected chi connectivity index (χ3v) is 3.84. The fourth-order valence-corrected chi connectivity index (χ4v) is 2.69. The first kappa shape index (κ1) is 16.9. The number of H-pyrrole nitrogens is 1. The Labute approximate surface area is 146 Å². The number of nitrogens with one attached hydrogen (secondary N) is 2. The lowest BCUT2D eigenvalue weighted by Gasteiger charge is -2.18. The van der Waals surface area contributed by atoms with E-state index in [9.17, 15) is 4.79 Å². The van der Waals surface area contributed by atoms with Crippen LogP contribution in [0.3, 0.4) is 0 Å². The molecule has 0 spiro atoms. The quantitative estimate of drug-likeness (QED) is 0.692. The van der Waals surface area contributed by atoms with Gasteiger partial charge in [-0.15, -0.1) is 0 Å². The van der Waals surface area contributed by atoms with Crippen molar-refractivity contribution in [1.82, 2.24) is 30.3 Å². The van der Waals surface area contributed by atoms with Crippen LogP contribution in [0.4, 0.5) is 0 Å². The second-order valence-corrected chi connectivity index (χ2v) is 6.43. The highest BCUT2D eigenvalue weighted by molar-refractivity contribution is 5.92. The maximum atomic E-state index is 12.6. The molecule has 7 nitrogen and oxygen atoms in total.